The molecule has 180 valence electrons. The van der Waals surface area contributed by atoms with Gasteiger partial charge in [0, 0.05) is 34.1 Å². The summed E-state index contributed by atoms with van der Waals surface area (Å²) < 4.78 is 0.980. The van der Waals surface area contributed by atoms with E-state index in [1.165, 1.54) is 11.1 Å². The van der Waals surface area contributed by atoms with Gasteiger partial charge in [0.1, 0.15) is 0 Å². The predicted molar refractivity (Wildman–Crippen MR) is 139 cm³/mol. The van der Waals surface area contributed by atoms with Crippen LogP contribution in [0.4, 0.5) is 5.69 Å². The summed E-state index contributed by atoms with van der Waals surface area (Å²) >= 11 is 1.57. The van der Waals surface area contributed by atoms with Crippen LogP contribution in [0.5, 0.6) is 0 Å². The number of fused-ring (bicyclic) bond motifs is 1. The Labute approximate surface area is 205 Å². The molecule has 0 radical (unpaired) electrons. The van der Waals surface area contributed by atoms with Crippen molar-refractivity contribution in [2.24, 2.45) is 0 Å². The van der Waals surface area contributed by atoms with Gasteiger partial charge in [-0.05, 0) is 79.8 Å². The van der Waals surface area contributed by atoms with Crippen molar-refractivity contribution in [2.45, 2.75) is 64.8 Å². The number of pyridine rings is 1. The van der Waals surface area contributed by atoms with E-state index in [9.17, 15) is 14.8 Å². The van der Waals surface area contributed by atoms with Crippen molar-refractivity contribution in [3.05, 3.63) is 64.8 Å². The number of benzene rings is 1. The van der Waals surface area contributed by atoms with E-state index in [-0.39, 0.29) is 11.9 Å². The highest BCUT2D eigenvalue weighted by atomic mass is 32.1. The Kier molecular flexibility index (Phi) is 9.79. The molecule has 2 heterocycles. The van der Waals surface area contributed by atoms with E-state index in [1.807, 2.05) is 31.3 Å². The molecular weight excluding hydrogens is 446 g/mol. The van der Waals surface area contributed by atoms with Crippen molar-refractivity contribution < 1.29 is 14.8 Å². The lowest BCUT2D eigenvalue weighted by atomic mass is 10.0. The minimum atomic E-state index is -0.103. The number of nitrogens with zero attached hydrogens (tertiary/aromatic N) is 2. The lowest BCUT2D eigenvalue weighted by Gasteiger charge is -2.12. The number of thiophene rings is 1. The van der Waals surface area contributed by atoms with Crippen molar-refractivity contribution in [1.82, 2.24) is 10.3 Å². The molecule has 0 saturated heterocycles. The van der Waals surface area contributed by atoms with Crippen LogP contribution in [0.15, 0.2) is 48.8 Å². The summed E-state index contributed by atoms with van der Waals surface area (Å²) in [6, 6.07) is 9.58. The molecule has 3 aromatic rings. The fourth-order valence-corrected chi connectivity index (χ4v) is 5.17. The van der Waals surface area contributed by atoms with Crippen molar-refractivity contribution >= 4 is 45.5 Å². The highest BCUT2D eigenvalue weighted by Crippen LogP contribution is 2.35. The maximum atomic E-state index is 12.5. The van der Waals surface area contributed by atoms with Crippen LogP contribution in [0.1, 0.15) is 62.0 Å². The van der Waals surface area contributed by atoms with Crippen LogP contribution in [-0.2, 0) is 22.4 Å². The van der Waals surface area contributed by atoms with Crippen LogP contribution >= 0.6 is 11.3 Å². The normalized spacial score (nSPS) is 12.2. The van der Waals surface area contributed by atoms with Gasteiger partial charge in [0.2, 0.25) is 12.3 Å². The van der Waals surface area contributed by atoms with Gasteiger partial charge in [-0.1, -0.05) is 31.9 Å². The van der Waals surface area contributed by atoms with Crippen LogP contribution < -0.4 is 10.4 Å². The minimum absolute atomic E-state index is 0.0849. The zero-order valence-corrected chi connectivity index (χ0v) is 20.7. The van der Waals surface area contributed by atoms with Crippen LogP contribution in [-0.4, -0.2) is 28.6 Å². The number of hydrogen-bond acceptors (Lipinski definition) is 5. The van der Waals surface area contributed by atoms with Crippen LogP contribution in [0.3, 0.4) is 0 Å². The number of hydrogen-bond donors (Lipinski definition) is 2. The molecule has 0 unspecified atom stereocenters. The minimum Gasteiger partial charge on any atom is -0.350 e. The van der Waals surface area contributed by atoms with E-state index in [0.717, 1.165) is 59.9 Å². The molecule has 0 bridgehead atoms. The highest BCUT2D eigenvalue weighted by Gasteiger charge is 2.13. The van der Waals surface area contributed by atoms with Crippen LogP contribution in [0.25, 0.3) is 16.2 Å². The third-order valence-electron chi connectivity index (χ3n) is 5.80. The average molecular weight is 480 g/mol. The summed E-state index contributed by atoms with van der Waals surface area (Å²) in [6.45, 7) is 4.20. The first-order chi connectivity index (χ1) is 16.5. The number of anilines is 1. The number of hydroxylamine groups is 1. The van der Waals surface area contributed by atoms with Gasteiger partial charge in [-0.15, -0.1) is 11.3 Å². The van der Waals surface area contributed by atoms with E-state index in [1.54, 1.807) is 35.7 Å². The zero-order valence-electron chi connectivity index (χ0n) is 19.9. The highest BCUT2D eigenvalue weighted by molar-refractivity contribution is 7.20. The summed E-state index contributed by atoms with van der Waals surface area (Å²) in [6.07, 6.45) is 14.6. The Morgan fingerprint density at radius 3 is 2.82 bits per heavy atom. The Morgan fingerprint density at radius 2 is 2.09 bits per heavy atom. The molecule has 6 nitrogen and oxygen atoms in total. The van der Waals surface area contributed by atoms with Gasteiger partial charge in [-0.25, -0.2) is 0 Å². The molecule has 0 aliphatic rings. The predicted octanol–water partition coefficient (Wildman–Crippen LogP) is 5.92. The second-order valence-electron chi connectivity index (χ2n) is 8.53. The van der Waals surface area contributed by atoms with Crippen LogP contribution in [0, 0.1) is 0 Å². The summed E-state index contributed by atoms with van der Waals surface area (Å²) in [5, 5.41) is 14.5. The molecule has 34 heavy (non-hydrogen) atoms. The van der Waals surface area contributed by atoms with E-state index >= 15 is 0 Å². The van der Waals surface area contributed by atoms with E-state index in [4.69, 9.17) is 0 Å². The first kappa shape index (κ1) is 25.6. The molecule has 2 aromatic heterocycles. The Morgan fingerprint density at radius 1 is 1.24 bits per heavy atom. The number of amides is 2. The van der Waals surface area contributed by atoms with Gasteiger partial charge in [-0.2, -0.15) is 5.06 Å². The van der Waals surface area contributed by atoms with Crippen molar-refractivity contribution in [2.75, 3.05) is 5.06 Å². The fourth-order valence-electron chi connectivity index (χ4n) is 3.98. The quantitative estimate of drug-likeness (QED) is 0.105. The van der Waals surface area contributed by atoms with E-state index < -0.39 is 0 Å². The van der Waals surface area contributed by atoms with Gasteiger partial charge in [0.15, 0.2) is 0 Å². The zero-order chi connectivity index (χ0) is 24.3. The second-order valence-corrected chi connectivity index (χ2v) is 9.61. The van der Waals surface area contributed by atoms with Gasteiger partial charge in [-0.3, -0.25) is 19.8 Å². The lowest BCUT2D eigenvalue weighted by Crippen LogP contribution is -2.31. The number of aryl methyl sites for hydroxylation is 2. The topological polar surface area (TPSA) is 82.5 Å². The van der Waals surface area contributed by atoms with Gasteiger partial charge >= 0.3 is 0 Å². The Balaban J connectivity index is 1.65. The molecule has 7 heteroatoms. The molecular formula is C27H33N3O3S. The van der Waals surface area contributed by atoms with Gasteiger partial charge < -0.3 is 5.32 Å². The second kappa shape index (κ2) is 13.0. The Hall–Kier alpha value is -3.03. The van der Waals surface area contributed by atoms with Gasteiger partial charge in [0.05, 0.1) is 5.69 Å². The average Bonchev–Trinajstić information content (AvgIpc) is 3.19. The number of carbonyl (C=O) groups excluding carboxylic acids is 2. The molecule has 0 saturated carbocycles. The largest absolute Gasteiger partial charge is 0.350 e. The van der Waals surface area contributed by atoms with Crippen molar-refractivity contribution in [3.8, 4) is 0 Å². The number of aromatic nitrogens is 1. The number of rotatable bonds is 13. The maximum absolute atomic E-state index is 12.5. The molecule has 0 spiro atoms. The monoisotopic (exact) mass is 479 g/mol. The molecule has 2 amide bonds. The third-order valence-corrected chi connectivity index (χ3v) is 6.96. The summed E-state index contributed by atoms with van der Waals surface area (Å²) in [4.78, 5) is 28.6. The SMILES string of the molecule is CCCCCc1c(/C=C/C(=O)N[C@H](C)CCCc2cccnc2)sc2cc(N(O)C=O)ccc12. The van der Waals surface area contributed by atoms with Gasteiger partial charge in [0.25, 0.3) is 0 Å². The lowest BCUT2D eigenvalue weighted by molar-refractivity contribution is -0.117. The Bertz CT molecular complexity index is 1110. The summed E-state index contributed by atoms with van der Waals surface area (Å²) in [5.74, 6) is -0.103. The van der Waals surface area contributed by atoms with Crippen LogP contribution in [0.2, 0.25) is 0 Å². The molecule has 2 N–H and O–H groups in total. The molecule has 1 aromatic carbocycles. The summed E-state index contributed by atoms with van der Waals surface area (Å²) in [5.41, 5.74) is 2.85. The summed E-state index contributed by atoms with van der Waals surface area (Å²) in [7, 11) is 0. The number of nitrogens with one attached hydrogen (secondary N) is 1. The molecule has 0 fully saturated rings. The first-order valence-electron chi connectivity index (χ1n) is 11.9. The van der Waals surface area contributed by atoms with Crippen molar-refractivity contribution in [3.63, 3.8) is 0 Å². The smallest absolute Gasteiger partial charge is 0.244 e. The third kappa shape index (κ3) is 7.23. The number of unbranched alkanes of at least 4 members (excludes halogenated alkanes) is 2. The fraction of sp³-hybridized carbons (Fsp3) is 0.370. The van der Waals surface area contributed by atoms with E-state index in [0.29, 0.717) is 17.2 Å². The van der Waals surface area contributed by atoms with Crippen molar-refractivity contribution in [1.29, 1.82) is 0 Å². The van der Waals surface area contributed by atoms with E-state index in [2.05, 4.69) is 23.3 Å². The molecule has 3 rings (SSSR count). The molecule has 1 atom stereocenters. The molecule has 0 aliphatic carbocycles. The number of carbonyl (C=O) groups is 2. The molecule has 0 aliphatic heterocycles. The first-order valence-corrected chi connectivity index (χ1v) is 12.7. The standard InChI is InChI=1S/C27H33N3O3S/c1-3-4-5-11-23-24-13-12-22(30(33)19-31)17-26(24)34-25(23)14-15-27(32)29-20(2)8-6-9-21-10-7-16-28-18-21/h7,10,12-20,33H,3-6,8-9,11H2,1-2H3,(H,29,32)/b15-14+/t20-/m1/s1. The maximum Gasteiger partial charge on any atom is 0.244 e.